The van der Waals surface area contributed by atoms with Crippen LogP contribution in [0, 0.1) is 6.92 Å². The first-order valence-electron chi connectivity index (χ1n) is 7.72. The summed E-state index contributed by atoms with van der Waals surface area (Å²) in [5, 5.41) is 10.2. The first kappa shape index (κ1) is 17.4. The lowest BCUT2D eigenvalue weighted by molar-refractivity contribution is -0.138. The van der Waals surface area contributed by atoms with Gasteiger partial charge in [-0.15, -0.1) is 0 Å². The van der Waals surface area contributed by atoms with Crippen LogP contribution in [0.5, 0.6) is 5.75 Å². The van der Waals surface area contributed by atoms with Gasteiger partial charge in [0.1, 0.15) is 5.75 Å². The molecular formula is C19H21ClO3. The largest absolute Gasteiger partial charge is 0.494 e. The first-order valence-corrected chi connectivity index (χ1v) is 8.10. The maximum Gasteiger partial charge on any atom is 0.311 e. The Morgan fingerprint density at radius 3 is 2.61 bits per heavy atom. The molecule has 0 aromatic heterocycles. The van der Waals surface area contributed by atoms with Gasteiger partial charge < -0.3 is 9.84 Å². The van der Waals surface area contributed by atoms with E-state index in [2.05, 4.69) is 0 Å². The van der Waals surface area contributed by atoms with Crippen molar-refractivity contribution in [3.63, 3.8) is 0 Å². The van der Waals surface area contributed by atoms with Gasteiger partial charge in [0.05, 0.1) is 12.5 Å². The monoisotopic (exact) mass is 332 g/mol. The number of carboxylic acids is 1. The first-order chi connectivity index (χ1) is 11.0. The number of aliphatic carboxylic acids is 1. The summed E-state index contributed by atoms with van der Waals surface area (Å²) in [6.45, 7) is 4.61. The highest BCUT2D eigenvalue weighted by molar-refractivity contribution is 6.31. The Morgan fingerprint density at radius 1 is 1.26 bits per heavy atom. The molecule has 0 saturated heterocycles. The number of hydrogen-bond donors (Lipinski definition) is 1. The molecule has 1 unspecified atom stereocenters. The Kier molecular flexibility index (Phi) is 6.05. The lowest BCUT2D eigenvalue weighted by atomic mass is 9.89. The van der Waals surface area contributed by atoms with E-state index in [1.54, 1.807) is 6.07 Å². The Labute approximate surface area is 141 Å². The van der Waals surface area contributed by atoms with Crippen LogP contribution < -0.4 is 4.74 Å². The summed E-state index contributed by atoms with van der Waals surface area (Å²) in [6.07, 6.45) is 1.30. The molecule has 122 valence electrons. The number of rotatable bonds is 7. The fourth-order valence-electron chi connectivity index (χ4n) is 2.56. The van der Waals surface area contributed by atoms with Gasteiger partial charge in [0.25, 0.3) is 0 Å². The Morgan fingerprint density at radius 2 is 2.00 bits per heavy atom. The molecule has 4 heteroatoms. The molecule has 23 heavy (non-hydrogen) atoms. The molecule has 3 nitrogen and oxygen atoms in total. The summed E-state index contributed by atoms with van der Waals surface area (Å²) in [6, 6.07) is 12.9. The highest BCUT2D eigenvalue weighted by Gasteiger charge is 2.23. The van der Waals surface area contributed by atoms with Crippen molar-refractivity contribution in [1.29, 1.82) is 0 Å². The minimum Gasteiger partial charge on any atom is -0.494 e. The minimum absolute atomic E-state index is 0.366. The Balaban J connectivity index is 2.27. The zero-order valence-corrected chi connectivity index (χ0v) is 14.1. The van der Waals surface area contributed by atoms with Gasteiger partial charge in [0, 0.05) is 5.02 Å². The topological polar surface area (TPSA) is 46.5 Å². The van der Waals surface area contributed by atoms with Crippen LogP contribution in [-0.2, 0) is 11.2 Å². The highest BCUT2D eigenvalue weighted by Crippen LogP contribution is 2.29. The lowest BCUT2D eigenvalue weighted by Gasteiger charge is -2.17. The number of carbonyl (C=O) groups is 1. The molecule has 1 N–H and O–H groups in total. The van der Waals surface area contributed by atoms with E-state index in [-0.39, 0.29) is 0 Å². The molecule has 0 aliphatic carbocycles. The van der Waals surface area contributed by atoms with Crippen molar-refractivity contribution >= 4 is 17.6 Å². The van der Waals surface area contributed by atoms with E-state index in [0.29, 0.717) is 18.1 Å². The number of carboxylic acid groups (broad SMARTS) is 1. The van der Waals surface area contributed by atoms with Gasteiger partial charge >= 0.3 is 5.97 Å². The van der Waals surface area contributed by atoms with Crippen molar-refractivity contribution in [3.05, 3.63) is 64.2 Å². The Hall–Kier alpha value is -2.00. The van der Waals surface area contributed by atoms with Gasteiger partial charge in [-0.1, -0.05) is 42.8 Å². The summed E-state index contributed by atoms with van der Waals surface area (Å²) in [7, 11) is 0. The summed E-state index contributed by atoms with van der Waals surface area (Å²) >= 11 is 6.17. The molecule has 2 aromatic carbocycles. The zero-order valence-electron chi connectivity index (χ0n) is 13.4. The number of hydrogen-bond acceptors (Lipinski definition) is 2. The molecule has 0 aliphatic rings. The molecule has 2 aromatic rings. The van der Waals surface area contributed by atoms with Gasteiger partial charge in [0.15, 0.2) is 0 Å². The standard InChI is InChI=1S/C19H21ClO3/c1-3-10-23-15-8-9-16(13(2)11-15)17(19(21)22)12-14-6-4-5-7-18(14)20/h4-9,11,17H,3,10,12H2,1-2H3,(H,21,22). The minimum atomic E-state index is -0.852. The molecule has 0 aliphatic heterocycles. The number of ether oxygens (including phenoxy) is 1. The van der Waals surface area contributed by atoms with E-state index in [0.717, 1.165) is 28.9 Å². The maximum absolute atomic E-state index is 11.8. The quantitative estimate of drug-likeness (QED) is 0.788. The van der Waals surface area contributed by atoms with Gasteiger partial charge in [-0.2, -0.15) is 0 Å². The third-order valence-electron chi connectivity index (χ3n) is 3.77. The molecule has 0 saturated carbocycles. The van der Waals surface area contributed by atoms with Crippen LogP contribution in [-0.4, -0.2) is 17.7 Å². The fraction of sp³-hybridized carbons (Fsp3) is 0.316. The van der Waals surface area contributed by atoms with Gasteiger partial charge in [-0.25, -0.2) is 0 Å². The van der Waals surface area contributed by atoms with Crippen LogP contribution in [0.1, 0.15) is 36.0 Å². The molecule has 0 spiro atoms. The SMILES string of the molecule is CCCOc1ccc(C(Cc2ccccc2Cl)C(=O)O)c(C)c1. The molecular weight excluding hydrogens is 312 g/mol. The van der Waals surface area contributed by atoms with Gasteiger partial charge in [-0.3, -0.25) is 4.79 Å². The number of benzene rings is 2. The summed E-state index contributed by atoms with van der Waals surface area (Å²) < 4.78 is 5.60. The average molecular weight is 333 g/mol. The van der Waals surface area contributed by atoms with Crippen LogP contribution in [0.3, 0.4) is 0 Å². The maximum atomic E-state index is 11.8. The van der Waals surface area contributed by atoms with Crippen molar-refractivity contribution in [1.82, 2.24) is 0 Å². The highest BCUT2D eigenvalue weighted by atomic mass is 35.5. The van der Waals surface area contributed by atoms with Gasteiger partial charge in [0.2, 0.25) is 0 Å². The normalized spacial score (nSPS) is 12.0. The van der Waals surface area contributed by atoms with E-state index in [1.165, 1.54) is 0 Å². The van der Waals surface area contributed by atoms with Crippen LogP contribution in [0.25, 0.3) is 0 Å². The molecule has 0 heterocycles. The smallest absolute Gasteiger partial charge is 0.311 e. The summed E-state index contributed by atoms with van der Waals surface area (Å²) in [5.41, 5.74) is 2.55. The fourth-order valence-corrected chi connectivity index (χ4v) is 2.78. The predicted octanol–water partition coefficient (Wildman–Crippen LogP) is 4.85. The second kappa shape index (κ2) is 8.02. The van der Waals surface area contributed by atoms with Crippen LogP contribution >= 0.6 is 11.6 Å². The van der Waals surface area contributed by atoms with Crippen molar-refractivity contribution in [2.45, 2.75) is 32.6 Å². The second-order valence-corrected chi connectivity index (χ2v) is 5.96. The average Bonchev–Trinajstić information content (AvgIpc) is 2.52. The van der Waals surface area contributed by atoms with Crippen LogP contribution in [0.2, 0.25) is 5.02 Å². The number of halogens is 1. The van der Waals surface area contributed by atoms with E-state index >= 15 is 0 Å². The molecule has 2 rings (SSSR count). The molecule has 1 atom stereocenters. The van der Waals surface area contributed by atoms with E-state index in [1.807, 2.05) is 50.2 Å². The molecule has 0 amide bonds. The Bertz CT molecular complexity index is 682. The molecule has 0 bridgehead atoms. The van der Waals surface area contributed by atoms with Crippen molar-refractivity contribution in [3.8, 4) is 5.75 Å². The van der Waals surface area contributed by atoms with Crippen LogP contribution in [0.4, 0.5) is 0 Å². The van der Waals surface area contributed by atoms with Crippen molar-refractivity contribution in [2.75, 3.05) is 6.61 Å². The van der Waals surface area contributed by atoms with E-state index in [9.17, 15) is 9.90 Å². The predicted molar refractivity (Wildman–Crippen MR) is 92.5 cm³/mol. The van der Waals surface area contributed by atoms with E-state index in [4.69, 9.17) is 16.3 Å². The second-order valence-electron chi connectivity index (χ2n) is 5.55. The molecule has 0 radical (unpaired) electrons. The van der Waals surface area contributed by atoms with Crippen molar-refractivity contribution in [2.24, 2.45) is 0 Å². The summed E-state index contributed by atoms with van der Waals surface area (Å²) in [5.74, 6) is -0.708. The van der Waals surface area contributed by atoms with Gasteiger partial charge in [-0.05, 0) is 54.7 Å². The number of aryl methyl sites for hydroxylation is 1. The van der Waals surface area contributed by atoms with Crippen molar-refractivity contribution < 1.29 is 14.6 Å². The third kappa shape index (κ3) is 4.49. The van der Waals surface area contributed by atoms with E-state index < -0.39 is 11.9 Å². The molecule has 0 fully saturated rings. The van der Waals surface area contributed by atoms with Crippen LogP contribution in [0.15, 0.2) is 42.5 Å². The lowest BCUT2D eigenvalue weighted by Crippen LogP contribution is -2.16. The third-order valence-corrected chi connectivity index (χ3v) is 4.14. The summed E-state index contributed by atoms with van der Waals surface area (Å²) in [4.78, 5) is 11.8. The zero-order chi connectivity index (χ0) is 16.8.